The summed E-state index contributed by atoms with van der Waals surface area (Å²) in [6, 6.07) is 5.78. The minimum atomic E-state index is -1.000. The molecule has 0 atom stereocenters. The average Bonchev–Trinajstić information content (AvgIpc) is 2.92. The second-order valence-corrected chi connectivity index (χ2v) is 7.63. The number of hydrogen-bond donors (Lipinski definition) is 0. The van der Waals surface area contributed by atoms with Crippen molar-refractivity contribution in [2.75, 3.05) is 25.1 Å². The quantitative estimate of drug-likeness (QED) is 0.540. The molecule has 5 amide bonds. The highest BCUT2D eigenvalue weighted by Gasteiger charge is 2.47. The van der Waals surface area contributed by atoms with Crippen molar-refractivity contribution in [1.29, 1.82) is 0 Å². The van der Waals surface area contributed by atoms with E-state index in [2.05, 4.69) is 6.92 Å². The number of rotatable bonds is 6. The van der Waals surface area contributed by atoms with E-state index in [1.165, 1.54) is 6.07 Å². The zero-order chi connectivity index (χ0) is 21.1. The predicted molar refractivity (Wildman–Crippen MR) is 106 cm³/mol. The maximum Gasteiger partial charge on any atom is 0.339 e. The number of nitrogens with zero attached hydrogens (tertiary/aromatic N) is 3. The number of ether oxygens (including phenoxy) is 1. The Kier molecular flexibility index (Phi) is 6.20. The van der Waals surface area contributed by atoms with E-state index in [9.17, 15) is 19.2 Å². The molecule has 0 unspecified atom stereocenters. The second kappa shape index (κ2) is 8.63. The molecule has 1 aromatic carbocycles. The summed E-state index contributed by atoms with van der Waals surface area (Å²) in [5.41, 5.74) is 0.197. The number of benzene rings is 1. The molecule has 156 valence electrons. The van der Waals surface area contributed by atoms with Gasteiger partial charge in [0, 0.05) is 13.1 Å². The summed E-state index contributed by atoms with van der Waals surface area (Å²) in [6.45, 7) is 3.87. The first-order valence-electron chi connectivity index (χ1n) is 10.0. The van der Waals surface area contributed by atoms with Crippen LogP contribution in [0.15, 0.2) is 24.3 Å². The van der Waals surface area contributed by atoms with E-state index in [-0.39, 0.29) is 17.6 Å². The minimum Gasteiger partial charge on any atom is -0.492 e. The third kappa shape index (κ3) is 4.11. The molecule has 3 rings (SSSR count). The Labute approximate surface area is 170 Å². The fourth-order valence-corrected chi connectivity index (χ4v) is 3.86. The van der Waals surface area contributed by atoms with Crippen LogP contribution in [0.3, 0.4) is 0 Å². The molecule has 2 aliphatic rings. The molecule has 8 nitrogen and oxygen atoms in total. The van der Waals surface area contributed by atoms with Gasteiger partial charge in [0.05, 0.1) is 12.3 Å². The van der Waals surface area contributed by atoms with Crippen molar-refractivity contribution in [2.45, 2.75) is 45.6 Å². The minimum absolute atomic E-state index is 0.0944. The number of carbonyl (C=O) groups is 4. The number of carbonyl (C=O) groups excluding carboxylic acids is 4. The molecule has 8 heteroatoms. The van der Waals surface area contributed by atoms with E-state index in [0.29, 0.717) is 18.3 Å². The first-order chi connectivity index (χ1) is 13.8. The maximum atomic E-state index is 12.8. The van der Waals surface area contributed by atoms with E-state index in [1.807, 2.05) is 0 Å². The van der Waals surface area contributed by atoms with Crippen molar-refractivity contribution in [3.8, 4) is 5.75 Å². The van der Waals surface area contributed by atoms with Gasteiger partial charge < -0.3 is 9.64 Å². The Morgan fingerprint density at radius 2 is 1.76 bits per heavy atom. The lowest BCUT2D eigenvalue weighted by molar-refractivity contribution is -0.142. The maximum absolute atomic E-state index is 12.8. The number of likely N-dealkylation sites (N-methyl/N-ethyl adjacent to an activating group) is 1. The molecular weight excluding hydrogens is 374 g/mol. The molecule has 29 heavy (non-hydrogen) atoms. The molecule has 0 aromatic heterocycles. The Balaban J connectivity index is 1.74. The van der Waals surface area contributed by atoms with Crippen LogP contribution in [0.25, 0.3) is 0 Å². The van der Waals surface area contributed by atoms with E-state index < -0.39 is 24.4 Å². The number of amides is 5. The molecule has 0 bridgehead atoms. The fraction of sp³-hybridized carbons (Fsp3) is 0.524. The Morgan fingerprint density at radius 3 is 2.41 bits per heavy atom. The molecule has 0 spiro atoms. The number of hydrogen-bond acceptors (Lipinski definition) is 5. The van der Waals surface area contributed by atoms with Crippen molar-refractivity contribution in [3.63, 3.8) is 0 Å². The van der Waals surface area contributed by atoms with E-state index >= 15 is 0 Å². The smallest absolute Gasteiger partial charge is 0.339 e. The number of imide groups is 2. The van der Waals surface area contributed by atoms with Gasteiger partial charge in [-0.15, -0.1) is 0 Å². The van der Waals surface area contributed by atoms with Crippen LogP contribution < -0.4 is 9.64 Å². The van der Waals surface area contributed by atoms with Gasteiger partial charge in [-0.1, -0.05) is 19.1 Å². The van der Waals surface area contributed by atoms with E-state index in [0.717, 1.165) is 35.5 Å². The molecule has 1 heterocycles. The van der Waals surface area contributed by atoms with Crippen molar-refractivity contribution in [1.82, 2.24) is 9.80 Å². The summed E-state index contributed by atoms with van der Waals surface area (Å²) < 4.78 is 5.47. The second-order valence-electron chi connectivity index (χ2n) is 7.63. The Bertz CT molecular complexity index is 816. The normalized spacial score (nSPS) is 22.2. The zero-order valence-corrected chi connectivity index (χ0v) is 17.1. The lowest BCUT2D eigenvalue weighted by Crippen LogP contribution is -2.46. The van der Waals surface area contributed by atoms with Crippen molar-refractivity contribution in [2.24, 2.45) is 5.92 Å². The van der Waals surface area contributed by atoms with E-state index in [1.54, 1.807) is 37.1 Å². The van der Waals surface area contributed by atoms with Gasteiger partial charge in [0.15, 0.2) is 0 Å². The Morgan fingerprint density at radius 1 is 1.10 bits per heavy atom. The topological polar surface area (TPSA) is 87.2 Å². The number of anilines is 1. The zero-order valence-electron chi connectivity index (χ0n) is 17.1. The van der Waals surface area contributed by atoms with Crippen LogP contribution in [0, 0.1) is 5.92 Å². The average molecular weight is 401 g/mol. The van der Waals surface area contributed by atoms with Crippen LogP contribution in [-0.2, 0) is 14.4 Å². The molecule has 1 aliphatic carbocycles. The van der Waals surface area contributed by atoms with Gasteiger partial charge >= 0.3 is 17.8 Å². The summed E-state index contributed by atoms with van der Waals surface area (Å²) >= 11 is 0. The van der Waals surface area contributed by atoms with Gasteiger partial charge in [0.2, 0.25) is 5.91 Å². The van der Waals surface area contributed by atoms with Crippen molar-refractivity contribution >= 4 is 29.4 Å². The summed E-state index contributed by atoms with van der Waals surface area (Å²) in [5, 5.41) is 0. The van der Waals surface area contributed by atoms with Gasteiger partial charge in [-0.3, -0.25) is 14.4 Å². The predicted octanol–water partition coefficient (Wildman–Crippen LogP) is 2.42. The van der Waals surface area contributed by atoms with Crippen molar-refractivity contribution in [3.05, 3.63) is 24.3 Å². The number of para-hydroxylation sites is 2. The Hall–Kier alpha value is -2.90. The first kappa shape index (κ1) is 20.8. The largest absolute Gasteiger partial charge is 0.492 e. The summed E-state index contributed by atoms with van der Waals surface area (Å²) in [5.74, 6) is -1.36. The van der Waals surface area contributed by atoms with Crippen LogP contribution in [-0.4, -0.2) is 59.8 Å². The van der Waals surface area contributed by atoms with Crippen LogP contribution >= 0.6 is 0 Å². The first-order valence-corrected chi connectivity index (χ1v) is 10.0. The van der Waals surface area contributed by atoms with Crippen LogP contribution in [0.4, 0.5) is 10.5 Å². The number of urea groups is 1. The summed E-state index contributed by atoms with van der Waals surface area (Å²) in [7, 11) is 1.69. The standard InChI is InChI=1S/C21H27N3O5/c1-4-29-17-8-6-5-7-16(17)24-20(27)19(26)23(21(24)28)13-18(25)22(3)15-11-9-14(2)10-12-15/h5-8,14-15H,4,9-13H2,1-3H3. The monoisotopic (exact) mass is 401 g/mol. The van der Waals surface area contributed by atoms with Gasteiger partial charge in [0.25, 0.3) is 0 Å². The SMILES string of the molecule is CCOc1ccccc1N1C(=O)C(=O)N(CC(=O)N(C)C2CCC(C)CC2)C1=O. The molecule has 0 radical (unpaired) electrons. The lowest BCUT2D eigenvalue weighted by atomic mass is 9.87. The molecule has 0 N–H and O–H groups in total. The van der Waals surface area contributed by atoms with Crippen LogP contribution in [0.2, 0.25) is 0 Å². The van der Waals surface area contributed by atoms with Crippen molar-refractivity contribution < 1.29 is 23.9 Å². The van der Waals surface area contributed by atoms with E-state index in [4.69, 9.17) is 4.74 Å². The van der Waals surface area contributed by atoms with Gasteiger partial charge in [-0.2, -0.15) is 0 Å². The highest BCUT2D eigenvalue weighted by atomic mass is 16.5. The molecular formula is C21H27N3O5. The fourth-order valence-electron chi connectivity index (χ4n) is 3.86. The summed E-state index contributed by atoms with van der Waals surface area (Å²) in [6.07, 6.45) is 3.89. The molecule has 1 saturated heterocycles. The summed E-state index contributed by atoms with van der Waals surface area (Å²) in [4.78, 5) is 53.6. The van der Waals surface area contributed by atoms with Gasteiger partial charge in [0.1, 0.15) is 12.3 Å². The van der Waals surface area contributed by atoms with Gasteiger partial charge in [-0.05, 0) is 50.7 Å². The van der Waals surface area contributed by atoms with Crippen LogP contribution in [0.1, 0.15) is 39.5 Å². The molecule has 1 aliphatic heterocycles. The third-order valence-electron chi connectivity index (χ3n) is 5.68. The lowest BCUT2D eigenvalue weighted by Gasteiger charge is -2.34. The molecule has 1 aromatic rings. The third-order valence-corrected chi connectivity index (χ3v) is 5.68. The highest BCUT2D eigenvalue weighted by molar-refractivity contribution is 6.53. The van der Waals surface area contributed by atoms with Gasteiger partial charge in [-0.25, -0.2) is 14.6 Å². The van der Waals surface area contributed by atoms with Crippen LogP contribution in [0.5, 0.6) is 5.75 Å². The molecule has 2 fully saturated rings. The molecule has 1 saturated carbocycles. The highest BCUT2D eigenvalue weighted by Crippen LogP contribution is 2.32.